The van der Waals surface area contributed by atoms with E-state index in [1.165, 1.54) is 5.56 Å². The average Bonchev–Trinajstić information content (AvgIpc) is 2.93. The summed E-state index contributed by atoms with van der Waals surface area (Å²) in [5.41, 5.74) is 17.2. The highest BCUT2D eigenvalue weighted by atomic mass is 16.5. The van der Waals surface area contributed by atoms with Crippen molar-refractivity contribution in [2.24, 2.45) is 5.11 Å². The second-order valence-corrected chi connectivity index (χ2v) is 8.92. The van der Waals surface area contributed by atoms with Gasteiger partial charge in [-0.2, -0.15) is 4.98 Å². The number of azide groups is 1. The fourth-order valence-corrected chi connectivity index (χ4v) is 4.49. The molecule has 2 heterocycles. The Labute approximate surface area is 215 Å². The Bertz CT molecular complexity index is 1280. The van der Waals surface area contributed by atoms with Gasteiger partial charge < -0.3 is 25.0 Å². The number of nitrogens with two attached hydrogens (primary N) is 1. The minimum Gasteiger partial charge on any atom is -0.493 e. The predicted molar refractivity (Wildman–Crippen MR) is 143 cm³/mol. The smallest absolute Gasteiger partial charge is 0.228 e. The molecule has 11 nitrogen and oxygen atoms in total. The molecule has 1 amide bonds. The maximum atomic E-state index is 12.7. The number of anilines is 2. The molecule has 0 atom stereocenters. The molecule has 1 saturated heterocycles. The first-order valence-electron chi connectivity index (χ1n) is 12.4. The molecule has 0 saturated carbocycles. The lowest BCUT2D eigenvalue weighted by Gasteiger charge is -2.35. The van der Waals surface area contributed by atoms with E-state index in [9.17, 15) is 4.79 Å². The number of aromatic nitrogens is 2. The molecule has 1 aliphatic heterocycles. The van der Waals surface area contributed by atoms with Crippen LogP contribution in [0.1, 0.15) is 31.2 Å². The van der Waals surface area contributed by atoms with Crippen molar-refractivity contribution in [3.05, 3.63) is 52.4 Å². The molecule has 2 N–H and O–H groups in total. The topological polar surface area (TPSA) is 143 Å². The van der Waals surface area contributed by atoms with Crippen LogP contribution in [0.5, 0.6) is 11.5 Å². The number of hydrogen-bond acceptors (Lipinski definition) is 8. The van der Waals surface area contributed by atoms with E-state index in [0.717, 1.165) is 25.7 Å². The van der Waals surface area contributed by atoms with Gasteiger partial charge in [-0.1, -0.05) is 35.8 Å². The summed E-state index contributed by atoms with van der Waals surface area (Å²) in [6, 6.07) is 11.2. The van der Waals surface area contributed by atoms with Crippen LogP contribution < -0.4 is 20.1 Å². The number of nitrogens with zero attached hydrogens (tertiary/aromatic N) is 7. The molecule has 0 aliphatic carbocycles. The zero-order valence-corrected chi connectivity index (χ0v) is 21.3. The number of fused-ring (bicyclic) bond motifs is 1. The Hall–Kier alpha value is -4.24. The fourth-order valence-electron chi connectivity index (χ4n) is 4.49. The second-order valence-electron chi connectivity index (χ2n) is 8.92. The zero-order valence-electron chi connectivity index (χ0n) is 21.3. The largest absolute Gasteiger partial charge is 0.493 e. The van der Waals surface area contributed by atoms with Gasteiger partial charge in [0.1, 0.15) is 5.82 Å². The molecule has 11 heteroatoms. The summed E-state index contributed by atoms with van der Waals surface area (Å²) < 4.78 is 10.8. The van der Waals surface area contributed by atoms with Crippen LogP contribution >= 0.6 is 0 Å². The van der Waals surface area contributed by atoms with Crippen molar-refractivity contribution in [3.63, 3.8) is 0 Å². The highest BCUT2D eigenvalue weighted by Gasteiger charge is 2.23. The van der Waals surface area contributed by atoms with E-state index in [1.54, 1.807) is 26.4 Å². The number of benzene rings is 2. The Morgan fingerprint density at radius 2 is 1.73 bits per heavy atom. The van der Waals surface area contributed by atoms with Crippen molar-refractivity contribution in [1.29, 1.82) is 0 Å². The fraction of sp³-hybridized carbons (Fsp3) is 0.423. The molecule has 0 bridgehead atoms. The normalized spacial score (nSPS) is 13.4. The highest BCUT2D eigenvalue weighted by molar-refractivity contribution is 5.91. The van der Waals surface area contributed by atoms with Gasteiger partial charge in [-0.15, -0.1) is 0 Å². The van der Waals surface area contributed by atoms with Crippen LogP contribution in [0.25, 0.3) is 21.3 Å². The molecule has 0 spiro atoms. The number of rotatable bonds is 10. The number of piperazine rings is 1. The van der Waals surface area contributed by atoms with Crippen molar-refractivity contribution in [2.75, 3.05) is 51.0 Å². The molecule has 0 radical (unpaired) electrons. The summed E-state index contributed by atoms with van der Waals surface area (Å²) in [4.78, 5) is 28.7. The zero-order chi connectivity index (χ0) is 26.2. The number of hydrogen-bond donors (Lipinski definition) is 1. The Morgan fingerprint density at radius 3 is 2.41 bits per heavy atom. The SMILES string of the molecule is COc1cc2nc(N3CCN(C(=O)CCCCCc4ccc(N=[N+]=[N-])cc4)CC3)nc(N)c2cc1OC. The molecular formula is C26H32N8O3. The average molecular weight is 505 g/mol. The first-order chi connectivity index (χ1) is 18.0. The van der Waals surface area contributed by atoms with Crippen LogP contribution in [0.4, 0.5) is 17.5 Å². The number of nitrogen functional groups attached to an aromatic ring is 1. The number of ether oxygens (including phenoxy) is 2. The summed E-state index contributed by atoms with van der Waals surface area (Å²) in [7, 11) is 3.16. The third-order valence-corrected chi connectivity index (χ3v) is 6.59. The van der Waals surface area contributed by atoms with E-state index >= 15 is 0 Å². The molecule has 0 unspecified atom stereocenters. The van der Waals surface area contributed by atoms with Crippen LogP contribution in [-0.2, 0) is 11.2 Å². The minimum atomic E-state index is 0.189. The number of amides is 1. The van der Waals surface area contributed by atoms with Gasteiger partial charge in [-0.3, -0.25) is 4.79 Å². The van der Waals surface area contributed by atoms with Crippen molar-refractivity contribution in [1.82, 2.24) is 14.9 Å². The van der Waals surface area contributed by atoms with Crippen LogP contribution in [0, 0.1) is 0 Å². The van der Waals surface area contributed by atoms with Gasteiger partial charge in [0.15, 0.2) is 11.5 Å². The van der Waals surface area contributed by atoms with Gasteiger partial charge in [0.25, 0.3) is 0 Å². The van der Waals surface area contributed by atoms with Gasteiger partial charge in [0.05, 0.1) is 19.7 Å². The summed E-state index contributed by atoms with van der Waals surface area (Å²) in [6.07, 6.45) is 4.36. The molecule has 2 aromatic carbocycles. The quantitative estimate of drug-likeness (QED) is 0.184. The lowest BCUT2D eigenvalue weighted by Crippen LogP contribution is -2.49. The first-order valence-corrected chi connectivity index (χ1v) is 12.4. The molecule has 1 aliphatic rings. The van der Waals surface area contributed by atoms with E-state index < -0.39 is 0 Å². The van der Waals surface area contributed by atoms with Gasteiger partial charge >= 0.3 is 0 Å². The standard InChI is InChI=1S/C26H32N8O3/c1-36-22-16-20-21(17-23(22)37-2)29-26(30-25(20)27)34-14-12-33(13-15-34)24(35)7-5-3-4-6-18-8-10-19(11-9-18)31-32-28/h8-11,16-17H,3-7,12-15H2,1-2H3,(H2,27,29,30). The summed E-state index contributed by atoms with van der Waals surface area (Å²) in [5, 5.41) is 4.29. The number of carbonyl (C=O) groups excluding carboxylic acids is 1. The van der Waals surface area contributed by atoms with Crippen LogP contribution in [0.3, 0.4) is 0 Å². The van der Waals surface area contributed by atoms with Gasteiger partial charge in [-0.25, -0.2) is 4.98 Å². The van der Waals surface area contributed by atoms with Crippen molar-refractivity contribution < 1.29 is 14.3 Å². The van der Waals surface area contributed by atoms with Crippen molar-refractivity contribution >= 4 is 34.3 Å². The van der Waals surface area contributed by atoms with E-state index in [0.29, 0.717) is 72.5 Å². The van der Waals surface area contributed by atoms with E-state index in [-0.39, 0.29) is 5.91 Å². The third-order valence-electron chi connectivity index (χ3n) is 6.59. The third kappa shape index (κ3) is 6.31. The number of unbranched alkanes of at least 4 members (excludes halogenated alkanes) is 2. The molecule has 37 heavy (non-hydrogen) atoms. The molecule has 1 fully saturated rings. The van der Waals surface area contributed by atoms with Gasteiger partial charge in [-0.05, 0) is 36.4 Å². The Morgan fingerprint density at radius 1 is 1.03 bits per heavy atom. The van der Waals surface area contributed by atoms with E-state index in [1.807, 2.05) is 29.2 Å². The van der Waals surface area contributed by atoms with Gasteiger partial charge in [0.2, 0.25) is 11.9 Å². The highest BCUT2D eigenvalue weighted by Crippen LogP contribution is 2.34. The lowest BCUT2D eigenvalue weighted by atomic mass is 10.1. The molecule has 4 rings (SSSR count). The maximum Gasteiger partial charge on any atom is 0.228 e. The maximum absolute atomic E-state index is 12.7. The first kappa shape index (κ1) is 25.8. The summed E-state index contributed by atoms with van der Waals surface area (Å²) >= 11 is 0. The summed E-state index contributed by atoms with van der Waals surface area (Å²) in [5.74, 6) is 2.28. The molecular weight excluding hydrogens is 472 g/mol. The van der Waals surface area contributed by atoms with Crippen molar-refractivity contribution in [3.8, 4) is 11.5 Å². The number of carbonyl (C=O) groups is 1. The minimum absolute atomic E-state index is 0.189. The molecule has 194 valence electrons. The van der Waals surface area contributed by atoms with E-state index in [4.69, 9.17) is 25.7 Å². The second kappa shape index (κ2) is 12.1. The van der Waals surface area contributed by atoms with E-state index in [2.05, 4.69) is 19.9 Å². The van der Waals surface area contributed by atoms with Crippen LogP contribution in [0.2, 0.25) is 0 Å². The predicted octanol–water partition coefficient (Wildman–Crippen LogP) is 4.62. The Kier molecular flexibility index (Phi) is 8.48. The van der Waals surface area contributed by atoms with Crippen LogP contribution in [0.15, 0.2) is 41.5 Å². The number of aryl methyl sites for hydroxylation is 1. The Balaban J connectivity index is 1.24. The van der Waals surface area contributed by atoms with Crippen molar-refractivity contribution in [2.45, 2.75) is 32.1 Å². The number of methoxy groups -OCH3 is 2. The monoisotopic (exact) mass is 504 g/mol. The summed E-state index contributed by atoms with van der Waals surface area (Å²) in [6.45, 7) is 2.55. The van der Waals surface area contributed by atoms with Crippen LogP contribution in [-0.4, -0.2) is 61.2 Å². The molecule has 3 aromatic rings. The molecule has 1 aromatic heterocycles. The van der Waals surface area contributed by atoms with Gasteiger partial charge in [0, 0.05) is 54.7 Å². The lowest BCUT2D eigenvalue weighted by molar-refractivity contribution is -0.131.